The van der Waals surface area contributed by atoms with Crippen molar-refractivity contribution in [3.63, 3.8) is 0 Å². The summed E-state index contributed by atoms with van der Waals surface area (Å²) in [5.41, 5.74) is 7.51. The summed E-state index contributed by atoms with van der Waals surface area (Å²) in [7, 11) is 1.31. The van der Waals surface area contributed by atoms with Gasteiger partial charge < -0.3 is 75.5 Å². The number of para-hydroxylation sites is 8. The number of benzene rings is 12. The minimum absolute atomic E-state index is 0.0569. The maximum absolute atomic E-state index is 13.1. The summed E-state index contributed by atoms with van der Waals surface area (Å²) < 4.78 is 48.0. The molecule has 3 N–H and O–H groups in total. The number of nitrogens with zero attached hydrogens (tertiary/aromatic N) is 8. The average Bonchev–Trinajstić information content (AvgIpc) is 1.53. The standard InChI is InChI=1S/C25H20N2O4.2C24H18N2O3.C24H16N2O3/c1-24-25(29,23(28)30-2)13-20(31-24)26-18-9-5-3-7-14(18)16-11-12-17-15-8-4-6-10-19(15)27(24)22(17)21(16)26;1-23-24(28,13-27)12-20(29-23)25-18-8-4-2-6-14(18)16-10-11-17-15-7-3-5-9-19(15)26(23)22(17)21(16)25;2*1-24-23(28)19(27)12-20(29-24)25-17-8-4-2-6-13(17)15-10-11-16-14-7-3-5-9-18(14)26(24)22(16)21(15)25/h3-12,20,29H,13H2,1-2H3;2-11,13,20,28H,12H2,1H3;2-11,20,23,28H,12H2,1H3;2-11,20H,12H2,1H3/t20-,24+,25+;20-,23+,24+;20-,23-,24+;20-,24+/m1111/s1. The summed E-state index contributed by atoms with van der Waals surface area (Å²) in [6, 6.07) is 82.4. The Labute approximate surface area is 668 Å². The summed E-state index contributed by atoms with van der Waals surface area (Å²) in [6.45, 7) is 7.20. The van der Waals surface area contributed by atoms with Gasteiger partial charge >= 0.3 is 5.97 Å². The Kier molecular flexibility index (Phi) is 13.1. The van der Waals surface area contributed by atoms with Gasteiger partial charge in [0.2, 0.25) is 17.1 Å². The van der Waals surface area contributed by atoms with Crippen LogP contribution in [0.5, 0.6) is 0 Å². The van der Waals surface area contributed by atoms with Gasteiger partial charge in [0.05, 0.1) is 108 Å². The Bertz CT molecular complexity index is 8100. The largest absolute Gasteiger partial charge is 0.467 e. The monoisotopic (exact) mass is 1560 g/mol. The lowest BCUT2D eigenvalue weighted by molar-refractivity contribution is -0.230. The first-order chi connectivity index (χ1) is 57.3. The predicted molar refractivity (Wildman–Crippen MR) is 452 cm³/mol. The van der Waals surface area contributed by atoms with Crippen molar-refractivity contribution in [3.05, 3.63) is 243 Å². The molecule has 8 aliphatic rings. The lowest BCUT2D eigenvalue weighted by Crippen LogP contribution is -2.56. The maximum Gasteiger partial charge on any atom is 0.343 e. The number of fused-ring (bicyclic) bond motifs is 40. The van der Waals surface area contributed by atoms with Crippen molar-refractivity contribution >= 4 is 204 Å². The van der Waals surface area contributed by atoms with E-state index >= 15 is 0 Å². The fourth-order valence-electron chi connectivity index (χ4n) is 22.7. The zero-order valence-electron chi connectivity index (χ0n) is 64.4. The van der Waals surface area contributed by atoms with Crippen LogP contribution in [0.4, 0.5) is 0 Å². The van der Waals surface area contributed by atoms with Crippen molar-refractivity contribution < 1.29 is 63.0 Å². The topological polar surface area (TPSA) is 232 Å². The highest BCUT2D eigenvalue weighted by atomic mass is 16.6. The summed E-state index contributed by atoms with van der Waals surface area (Å²) in [6.07, 6.45) is -1.95. The van der Waals surface area contributed by atoms with Crippen LogP contribution in [-0.4, -0.2) is 106 Å². The lowest BCUT2D eigenvalue weighted by Gasteiger charge is -2.42. The fraction of sp³-hybridized carbons (Fsp3) is 0.206. The van der Waals surface area contributed by atoms with E-state index in [9.17, 15) is 39.3 Å². The SMILES string of the molecule is COC(=O)[C@@]1(O)C[C@H]2O[C@]1(C)n1c3ccccc3c3ccc4c5ccccc5n2c4c31.C[C@]12O[C@H](CC(=O)C1=O)n1c3ccccc3c3ccc4c5ccccc5n2c4c31.C[C@]12O[C@H](CC(=O)[C@H]1O)n1c3ccccc3c3ccc4c5ccccc5n2c4c31.C[C@]12O[C@H](C[C@]1(O)C=O)n1c3ccccc3c3ccc4c5ccccc5n2c4c31. The van der Waals surface area contributed by atoms with Crippen LogP contribution in [0.2, 0.25) is 0 Å². The molecule has 0 radical (unpaired) electrons. The van der Waals surface area contributed by atoms with Crippen molar-refractivity contribution in [2.45, 2.75) is 118 Å². The second kappa shape index (κ2) is 22.8. The van der Waals surface area contributed by atoms with E-state index in [0.717, 1.165) is 174 Å². The van der Waals surface area contributed by atoms with Crippen molar-refractivity contribution in [2.24, 2.45) is 0 Å². The molecule has 0 saturated carbocycles. The lowest BCUT2D eigenvalue weighted by atomic mass is 9.89. The van der Waals surface area contributed by atoms with Gasteiger partial charge in [-0.3, -0.25) is 19.2 Å². The van der Waals surface area contributed by atoms with Crippen LogP contribution in [0.1, 0.15) is 78.3 Å². The molecular weight excluding hydrogens is 1490 g/mol. The van der Waals surface area contributed by atoms with Gasteiger partial charge in [-0.25, -0.2) is 4.79 Å². The second-order valence-electron chi connectivity index (χ2n) is 33.5. The molecule has 0 unspecified atom stereocenters. The molecule has 578 valence electrons. The number of rotatable bonds is 2. The molecule has 21 nitrogen and oxygen atoms in total. The van der Waals surface area contributed by atoms with Crippen molar-refractivity contribution in [1.29, 1.82) is 0 Å². The van der Waals surface area contributed by atoms with Crippen LogP contribution in [0, 0.1) is 0 Å². The van der Waals surface area contributed by atoms with Gasteiger partial charge in [0.25, 0.3) is 5.78 Å². The van der Waals surface area contributed by atoms with Gasteiger partial charge in [-0.05, 0) is 76.2 Å². The summed E-state index contributed by atoms with van der Waals surface area (Å²) in [4.78, 5) is 64.0. The molecule has 4 saturated heterocycles. The maximum atomic E-state index is 13.1. The third-order valence-electron chi connectivity index (χ3n) is 27.8. The van der Waals surface area contributed by atoms with Crippen LogP contribution in [-0.2, 0) is 70.6 Å². The Morgan fingerprint density at radius 3 is 1.07 bits per heavy atom. The highest BCUT2D eigenvalue weighted by Gasteiger charge is 2.66. The van der Waals surface area contributed by atoms with E-state index in [0.29, 0.717) is 6.29 Å². The van der Waals surface area contributed by atoms with Gasteiger partial charge in [-0.1, -0.05) is 194 Å². The molecule has 0 aliphatic carbocycles. The number of esters is 1. The Morgan fingerprint density at radius 2 is 0.669 bits per heavy atom. The fourth-order valence-corrected chi connectivity index (χ4v) is 22.7. The van der Waals surface area contributed by atoms with E-state index in [-0.39, 0.29) is 37.2 Å². The van der Waals surface area contributed by atoms with Crippen LogP contribution < -0.4 is 0 Å². The number of hydrogen-bond donors (Lipinski definition) is 3. The summed E-state index contributed by atoms with van der Waals surface area (Å²) in [5, 5.41) is 51.9. The minimum Gasteiger partial charge on any atom is -0.467 e. The third-order valence-corrected chi connectivity index (χ3v) is 27.8. The highest BCUT2D eigenvalue weighted by molar-refractivity contribution is 6.41. The Hall–Kier alpha value is -13.1. The Morgan fingerprint density at radius 1 is 0.364 bits per heavy atom. The van der Waals surface area contributed by atoms with Gasteiger partial charge in [-0.2, -0.15) is 0 Å². The number of carbonyl (C=O) groups excluding carboxylic acids is 5. The smallest absolute Gasteiger partial charge is 0.343 e. The first-order valence-electron chi connectivity index (χ1n) is 40.1. The number of aliphatic hydroxyl groups is 3. The molecule has 12 aromatic carbocycles. The predicted octanol–water partition coefficient (Wildman–Crippen LogP) is 17.9. The van der Waals surface area contributed by atoms with Crippen molar-refractivity contribution in [2.75, 3.05) is 7.11 Å². The molecule has 4 fully saturated rings. The highest BCUT2D eigenvalue weighted by Crippen LogP contribution is 2.60. The van der Waals surface area contributed by atoms with Gasteiger partial charge in [0.15, 0.2) is 40.9 Å². The molecular formula is C97H72N8O13. The van der Waals surface area contributed by atoms with Crippen molar-refractivity contribution in [1.82, 2.24) is 36.5 Å². The molecule has 8 aromatic heterocycles. The zero-order chi connectivity index (χ0) is 79.6. The van der Waals surface area contributed by atoms with E-state index in [1.807, 2.05) is 144 Å². The molecule has 28 rings (SSSR count). The molecule has 21 heteroatoms. The average molecular weight is 1560 g/mol. The molecule has 8 aliphatic heterocycles. The third kappa shape index (κ3) is 7.98. The van der Waals surface area contributed by atoms with E-state index < -0.39 is 76.9 Å². The van der Waals surface area contributed by atoms with Crippen molar-refractivity contribution in [3.8, 4) is 0 Å². The van der Waals surface area contributed by atoms with Crippen LogP contribution in [0.25, 0.3) is 174 Å². The van der Waals surface area contributed by atoms with Crippen LogP contribution >= 0.6 is 0 Å². The van der Waals surface area contributed by atoms with E-state index in [4.69, 9.17) is 23.7 Å². The van der Waals surface area contributed by atoms with Gasteiger partial charge in [0, 0.05) is 99.0 Å². The number of Topliss-reactive ketones (excluding diaryl/α,β-unsaturated/α-hetero) is 3. The molecule has 8 bridgehead atoms. The Balaban J connectivity index is 0.0000000877. The number of ketones is 3. The van der Waals surface area contributed by atoms with Crippen LogP contribution in [0.15, 0.2) is 243 Å². The molecule has 16 heterocycles. The summed E-state index contributed by atoms with van der Waals surface area (Å²) >= 11 is 0. The molecule has 0 amide bonds. The first kappa shape index (κ1) is 68.2. The number of methoxy groups -OCH3 is 1. The number of aromatic nitrogens is 8. The number of aldehydes is 1. The normalized spacial score (nSPS) is 26.3. The number of carbonyl (C=O) groups is 5. The first-order valence-corrected chi connectivity index (χ1v) is 40.1. The molecule has 20 aromatic rings. The van der Waals surface area contributed by atoms with Gasteiger partial charge in [0.1, 0.15) is 24.9 Å². The second-order valence-corrected chi connectivity index (χ2v) is 33.5. The summed E-state index contributed by atoms with van der Waals surface area (Å²) in [5.74, 6) is -1.74. The number of hydrogen-bond acceptors (Lipinski definition) is 13. The van der Waals surface area contributed by atoms with Crippen LogP contribution in [0.3, 0.4) is 0 Å². The molecule has 0 spiro atoms. The molecule has 118 heavy (non-hydrogen) atoms. The minimum atomic E-state index is -1.84. The molecule has 11 atom stereocenters. The van der Waals surface area contributed by atoms with Gasteiger partial charge in [-0.15, -0.1) is 0 Å². The number of ether oxygens (including phenoxy) is 5. The van der Waals surface area contributed by atoms with E-state index in [1.165, 1.54) is 7.11 Å². The quantitative estimate of drug-likeness (QED) is 0.0831. The van der Waals surface area contributed by atoms with E-state index in [1.54, 1.807) is 13.8 Å². The number of aliphatic hydroxyl groups excluding tert-OH is 1. The van der Waals surface area contributed by atoms with E-state index in [2.05, 4.69) is 149 Å². The zero-order valence-corrected chi connectivity index (χ0v) is 64.4.